The molecule has 0 aliphatic carbocycles. The minimum atomic E-state index is -0.570. The molecule has 0 radical (unpaired) electrons. The molecule has 0 aliphatic rings. The van der Waals surface area contributed by atoms with Crippen LogP contribution in [-0.4, -0.2) is 0 Å². The van der Waals surface area contributed by atoms with E-state index in [1.807, 2.05) is 97.1 Å². The van der Waals surface area contributed by atoms with Crippen LogP contribution in [-0.2, 0) is 0 Å². The van der Waals surface area contributed by atoms with Gasteiger partial charge in [-0.1, -0.05) is 145 Å². The third-order valence-corrected chi connectivity index (χ3v) is 8.99. The molecule has 10 rings (SSSR count). The molecule has 0 amide bonds. The number of furan rings is 1. The Morgan fingerprint density at radius 1 is 0.347 bits per heavy atom. The Balaban J connectivity index is 1.37. The Labute approximate surface area is 301 Å². The van der Waals surface area contributed by atoms with Crippen molar-refractivity contribution in [3.05, 3.63) is 182 Å². The second-order valence-electron chi connectivity index (χ2n) is 11.8. The van der Waals surface area contributed by atoms with Crippen molar-refractivity contribution in [1.29, 1.82) is 0 Å². The fraction of sp³-hybridized carbons (Fsp3) is 0. The van der Waals surface area contributed by atoms with E-state index < -0.39 is 42.3 Å². The van der Waals surface area contributed by atoms with Crippen LogP contribution in [0.25, 0.3) is 98.8 Å². The molecule has 0 aliphatic heterocycles. The molecule has 0 atom stereocenters. The standard InChI is InChI=1S/C48H30O/c1-3-13-31(14-4-1)35-27-36(32-15-5-2-6-16-32)29-37(28-35)47-41-21-11-9-19-39(41)46(40-20-10-12-22-42(40)47)34-24-26-45-44(30-34)43-25-23-33-17-7-8-18-38(33)48(43)49-45/h1-30H/i7D,8D,17D,18D,23D,24D,25D,26D,27D,28D,29D,30D. The van der Waals surface area contributed by atoms with Crippen molar-refractivity contribution in [2.45, 2.75) is 0 Å². The maximum absolute atomic E-state index is 9.83. The van der Waals surface area contributed by atoms with Gasteiger partial charge in [-0.05, 0) is 108 Å². The fourth-order valence-corrected chi connectivity index (χ4v) is 6.79. The lowest BCUT2D eigenvalue weighted by molar-refractivity contribution is 0.672. The van der Waals surface area contributed by atoms with Crippen LogP contribution >= 0.6 is 0 Å². The molecule has 10 aromatic rings. The summed E-state index contributed by atoms with van der Waals surface area (Å²) in [6, 6.07) is 29.0. The summed E-state index contributed by atoms with van der Waals surface area (Å²) in [5, 5.41) is 1.81. The third kappa shape index (κ3) is 4.47. The predicted octanol–water partition coefficient (Wildman–Crippen LogP) is 13.7. The van der Waals surface area contributed by atoms with Crippen LogP contribution in [0.4, 0.5) is 0 Å². The molecule has 0 saturated heterocycles. The number of hydrogen-bond acceptors (Lipinski definition) is 1. The van der Waals surface area contributed by atoms with Gasteiger partial charge < -0.3 is 4.42 Å². The van der Waals surface area contributed by atoms with Gasteiger partial charge in [0, 0.05) is 16.2 Å². The van der Waals surface area contributed by atoms with E-state index in [0.717, 1.165) is 0 Å². The van der Waals surface area contributed by atoms with E-state index in [1.54, 1.807) is 12.1 Å². The zero-order valence-electron chi connectivity index (χ0n) is 37.8. The van der Waals surface area contributed by atoms with Crippen molar-refractivity contribution in [2.75, 3.05) is 0 Å². The highest BCUT2D eigenvalue weighted by Gasteiger charge is 2.19. The molecule has 0 bridgehead atoms. The van der Waals surface area contributed by atoms with E-state index >= 15 is 0 Å². The van der Waals surface area contributed by atoms with Crippen molar-refractivity contribution in [3.63, 3.8) is 0 Å². The van der Waals surface area contributed by atoms with E-state index in [1.165, 1.54) is 0 Å². The topological polar surface area (TPSA) is 13.1 Å². The molecule has 0 unspecified atom stereocenters. The van der Waals surface area contributed by atoms with Crippen LogP contribution < -0.4 is 0 Å². The molecule has 0 spiro atoms. The van der Waals surface area contributed by atoms with Gasteiger partial charge in [-0.3, -0.25) is 0 Å². The van der Waals surface area contributed by atoms with Gasteiger partial charge in [-0.15, -0.1) is 0 Å². The predicted molar refractivity (Wildman–Crippen MR) is 208 cm³/mol. The SMILES string of the molecule is [2H]c1c(-c2ccccc2)c([2H])c(-c2c3ccccc3c(-c3c([2H])c([2H])c4oc5c6c([2H])c([2H])c([2H])c([2H])c6c([2H])c([2H])c5c4c3[2H])c3ccccc23)c([2H])c1-c1ccccc1. The van der Waals surface area contributed by atoms with Crippen LogP contribution in [0.2, 0.25) is 0 Å². The number of benzene rings is 9. The monoisotopic (exact) mass is 634 g/mol. The zero-order chi connectivity index (χ0) is 42.8. The molecule has 228 valence electrons. The summed E-state index contributed by atoms with van der Waals surface area (Å²) in [5.41, 5.74) is 2.91. The lowest BCUT2D eigenvalue weighted by Gasteiger charge is -2.19. The highest BCUT2D eigenvalue weighted by molar-refractivity contribution is 6.23. The summed E-state index contributed by atoms with van der Waals surface area (Å²) in [5.74, 6) is 0. The summed E-state index contributed by atoms with van der Waals surface area (Å²) < 4.78 is 116. The van der Waals surface area contributed by atoms with E-state index in [9.17, 15) is 8.22 Å². The van der Waals surface area contributed by atoms with E-state index in [0.29, 0.717) is 60.5 Å². The van der Waals surface area contributed by atoms with Crippen molar-refractivity contribution in [3.8, 4) is 44.5 Å². The van der Waals surface area contributed by atoms with Gasteiger partial charge in [0.05, 0.1) is 16.4 Å². The normalized spacial score (nSPS) is 15.1. The van der Waals surface area contributed by atoms with E-state index in [-0.39, 0.29) is 68.5 Å². The number of rotatable bonds is 4. The maximum atomic E-state index is 9.83. The molecular formula is C48H30O. The average molecular weight is 635 g/mol. The van der Waals surface area contributed by atoms with Gasteiger partial charge >= 0.3 is 0 Å². The van der Waals surface area contributed by atoms with Gasteiger partial charge in [-0.2, -0.15) is 0 Å². The van der Waals surface area contributed by atoms with Crippen LogP contribution in [0.15, 0.2) is 186 Å². The molecule has 9 aromatic carbocycles. The largest absolute Gasteiger partial charge is 0.455 e. The lowest BCUT2D eigenvalue weighted by atomic mass is 9.84. The second-order valence-corrected chi connectivity index (χ2v) is 11.8. The molecule has 1 heteroatoms. The molecule has 0 fully saturated rings. The van der Waals surface area contributed by atoms with Gasteiger partial charge in [0.2, 0.25) is 0 Å². The second kappa shape index (κ2) is 11.1. The van der Waals surface area contributed by atoms with Crippen molar-refractivity contribution in [1.82, 2.24) is 0 Å². The molecule has 1 heterocycles. The van der Waals surface area contributed by atoms with E-state index in [4.69, 9.17) is 12.6 Å². The Hall–Kier alpha value is -6.44. The minimum Gasteiger partial charge on any atom is -0.455 e. The van der Waals surface area contributed by atoms with Crippen LogP contribution in [0, 0.1) is 0 Å². The van der Waals surface area contributed by atoms with Crippen molar-refractivity contribution in [2.24, 2.45) is 0 Å². The van der Waals surface area contributed by atoms with Gasteiger partial charge in [-0.25, -0.2) is 0 Å². The van der Waals surface area contributed by atoms with Gasteiger partial charge in [0.15, 0.2) is 0 Å². The summed E-state index contributed by atoms with van der Waals surface area (Å²) in [6.45, 7) is 0. The Morgan fingerprint density at radius 3 is 1.49 bits per heavy atom. The third-order valence-electron chi connectivity index (χ3n) is 8.99. The molecule has 1 aromatic heterocycles. The van der Waals surface area contributed by atoms with Crippen molar-refractivity contribution >= 4 is 54.3 Å². The Kier molecular flexibility index (Phi) is 4.11. The average Bonchev–Trinajstić information content (AvgIpc) is 3.68. The molecule has 1 nitrogen and oxygen atoms in total. The van der Waals surface area contributed by atoms with Crippen LogP contribution in [0.1, 0.15) is 16.4 Å². The molecule has 0 saturated carbocycles. The number of hydrogen-bond donors (Lipinski definition) is 0. The van der Waals surface area contributed by atoms with Crippen LogP contribution in [0.5, 0.6) is 0 Å². The summed E-state index contributed by atoms with van der Waals surface area (Å²) in [6.07, 6.45) is 0. The first kappa shape index (κ1) is 18.2. The minimum absolute atomic E-state index is 0.00889. The maximum Gasteiger partial charge on any atom is 0.143 e. The smallest absolute Gasteiger partial charge is 0.143 e. The first-order valence-corrected chi connectivity index (χ1v) is 15.9. The summed E-state index contributed by atoms with van der Waals surface area (Å²) in [7, 11) is 0. The molecule has 49 heavy (non-hydrogen) atoms. The van der Waals surface area contributed by atoms with Crippen LogP contribution in [0.3, 0.4) is 0 Å². The fourth-order valence-electron chi connectivity index (χ4n) is 6.79. The summed E-state index contributed by atoms with van der Waals surface area (Å²) >= 11 is 0. The Bertz CT molecular complexity index is 3420. The highest BCUT2D eigenvalue weighted by Crippen LogP contribution is 2.46. The van der Waals surface area contributed by atoms with E-state index in [2.05, 4.69) is 0 Å². The lowest BCUT2D eigenvalue weighted by Crippen LogP contribution is -1.92. The molecule has 0 N–H and O–H groups in total. The van der Waals surface area contributed by atoms with Gasteiger partial charge in [0.1, 0.15) is 11.2 Å². The number of fused-ring (bicyclic) bond motifs is 7. The molecular weight excluding hydrogens is 593 g/mol. The van der Waals surface area contributed by atoms with Gasteiger partial charge in [0.25, 0.3) is 0 Å². The van der Waals surface area contributed by atoms with Crippen molar-refractivity contribution < 1.29 is 20.9 Å². The first-order chi connectivity index (χ1) is 29.3. The summed E-state index contributed by atoms with van der Waals surface area (Å²) in [4.78, 5) is 0. The quantitative estimate of drug-likeness (QED) is 0.176. The highest BCUT2D eigenvalue weighted by atomic mass is 16.3. The first-order valence-electron chi connectivity index (χ1n) is 21.9. The zero-order valence-corrected chi connectivity index (χ0v) is 25.8. The Morgan fingerprint density at radius 2 is 0.878 bits per heavy atom.